The van der Waals surface area contributed by atoms with Gasteiger partial charge in [0.1, 0.15) is 0 Å². The van der Waals surface area contributed by atoms with Crippen LogP contribution >= 0.6 is 0 Å². The zero-order valence-corrected chi connectivity index (χ0v) is 9.94. The molecule has 16 heavy (non-hydrogen) atoms. The van der Waals surface area contributed by atoms with Gasteiger partial charge < -0.3 is 9.47 Å². The molecule has 0 spiro atoms. The summed E-state index contributed by atoms with van der Waals surface area (Å²) < 4.78 is 10.2. The van der Waals surface area contributed by atoms with Crippen LogP contribution in [-0.4, -0.2) is 24.2 Å². The second-order valence-corrected chi connectivity index (χ2v) is 3.57. The van der Waals surface area contributed by atoms with Crippen molar-refractivity contribution in [1.29, 1.82) is 5.26 Å². The minimum absolute atomic E-state index is 0.198. The van der Waals surface area contributed by atoms with Crippen molar-refractivity contribution in [3.63, 3.8) is 0 Å². The highest BCUT2D eigenvalue weighted by Gasteiger charge is 2.18. The monoisotopic (exact) mass is 221 g/mol. The van der Waals surface area contributed by atoms with Crippen LogP contribution in [-0.2, 0) is 6.42 Å². The van der Waals surface area contributed by atoms with Crippen molar-refractivity contribution in [2.45, 2.75) is 26.2 Å². The van der Waals surface area contributed by atoms with E-state index >= 15 is 0 Å². The summed E-state index contributed by atoms with van der Waals surface area (Å²) in [6.45, 7) is 4.02. The quantitative estimate of drug-likeness (QED) is 0.773. The lowest BCUT2D eigenvalue weighted by molar-refractivity contribution is 0.345. The highest BCUT2D eigenvalue weighted by molar-refractivity contribution is 5.36. The van der Waals surface area contributed by atoms with Gasteiger partial charge in [0.25, 0.3) is 0 Å². The lowest BCUT2D eigenvalue weighted by Crippen LogP contribution is -2.07. The van der Waals surface area contributed by atoms with E-state index in [-0.39, 0.29) is 18.3 Å². The van der Waals surface area contributed by atoms with Crippen molar-refractivity contribution in [2.75, 3.05) is 14.2 Å². The molecule has 0 radical (unpaired) electrons. The second kappa shape index (κ2) is 5.31. The number of ether oxygens (including phenoxy) is 2. The van der Waals surface area contributed by atoms with Crippen molar-refractivity contribution in [3.05, 3.63) is 11.3 Å². The Morgan fingerprint density at radius 1 is 1.25 bits per heavy atom. The molecule has 0 atom stereocenters. The Labute approximate surface area is 95.0 Å². The molecule has 0 N–H and O–H groups in total. The zero-order chi connectivity index (χ0) is 12.1. The SMILES string of the molecule is COc1nc(CC#N)c(C(C)C)c(OC)n1. The van der Waals surface area contributed by atoms with Gasteiger partial charge in [-0.15, -0.1) is 0 Å². The van der Waals surface area contributed by atoms with Gasteiger partial charge in [-0.05, 0) is 5.92 Å². The Kier molecular flexibility index (Phi) is 4.06. The van der Waals surface area contributed by atoms with E-state index in [2.05, 4.69) is 16.0 Å². The van der Waals surface area contributed by atoms with Crippen molar-refractivity contribution in [1.82, 2.24) is 9.97 Å². The third-order valence-corrected chi connectivity index (χ3v) is 2.17. The topological polar surface area (TPSA) is 68.0 Å². The molecule has 1 aromatic heterocycles. The van der Waals surface area contributed by atoms with Crippen LogP contribution in [0.3, 0.4) is 0 Å². The first kappa shape index (κ1) is 12.2. The average molecular weight is 221 g/mol. The summed E-state index contributed by atoms with van der Waals surface area (Å²) in [6.07, 6.45) is 0.225. The second-order valence-electron chi connectivity index (χ2n) is 3.57. The van der Waals surface area contributed by atoms with Gasteiger partial charge in [0.15, 0.2) is 0 Å². The zero-order valence-electron chi connectivity index (χ0n) is 9.94. The molecule has 0 aliphatic carbocycles. The van der Waals surface area contributed by atoms with E-state index < -0.39 is 0 Å². The fraction of sp³-hybridized carbons (Fsp3) is 0.545. The van der Waals surface area contributed by atoms with Crippen molar-refractivity contribution in [2.24, 2.45) is 0 Å². The number of rotatable bonds is 4. The summed E-state index contributed by atoms with van der Waals surface area (Å²) in [5.74, 6) is 0.677. The van der Waals surface area contributed by atoms with Crippen LogP contribution in [0.2, 0.25) is 0 Å². The lowest BCUT2D eigenvalue weighted by Gasteiger charge is -2.14. The van der Waals surface area contributed by atoms with Crippen LogP contribution in [0.15, 0.2) is 0 Å². The predicted molar refractivity (Wildman–Crippen MR) is 58.5 cm³/mol. The summed E-state index contributed by atoms with van der Waals surface area (Å²) in [4.78, 5) is 8.28. The highest BCUT2D eigenvalue weighted by atomic mass is 16.5. The fourth-order valence-electron chi connectivity index (χ4n) is 1.51. The maximum absolute atomic E-state index is 8.76. The van der Waals surface area contributed by atoms with Gasteiger partial charge in [0.05, 0.1) is 32.4 Å². The van der Waals surface area contributed by atoms with E-state index in [0.29, 0.717) is 11.6 Å². The number of methoxy groups -OCH3 is 2. The third kappa shape index (κ3) is 2.40. The van der Waals surface area contributed by atoms with Crippen LogP contribution in [0.5, 0.6) is 11.9 Å². The maximum atomic E-state index is 8.76. The Hall–Kier alpha value is -1.83. The largest absolute Gasteiger partial charge is 0.481 e. The van der Waals surface area contributed by atoms with E-state index in [4.69, 9.17) is 14.7 Å². The predicted octanol–water partition coefficient (Wildman–Crippen LogP) is 1.68. The van der Waals surface area contributed by atoms with Crippen molar-refractivity contribution in [3.8, 4) is 18.0 Å². The number of hydrogen-bond donors (Lipinski definition) is 0. The Morgan fingerprint density at radius 2 is 1.94 bits per heavy atom. The number of aromatic nitrogens is 2. The lowest BCUT2D eigenvalue weighted by atomic mass is 10.0. The van der Waals surface area contributed by atoms with Crippen molar-refractivity contribution >= 4 is 0 Å². The smallest absolute Gasteiger partial charge is 0.319 e. The molecule has 0 saturated heterocycles. The molecule has 0 aliphatic heterocycles. The molecule has 0 aliphatic rings. The minimum atomic E-state index is 0.198. The standard InChI is InChI=1S/C11H15N3O2/c1-7(2)9-8(5-6-12)13-11(16-4)14-10(9)15-3/h7H,5H2,1-4H3. The van der Waals surface area contributed by atoms with E-state index in [1.54, 1.807) is 7.11 Å². The highest BCUT2D eigenvalue weighted by Crippen LogP contribution is 2.29. The van der Waals surface area contributed by atoms with Gasteiger partial charge in [-0.25, -0.2) is 0 Å². The van der Waals surface area contributed by atoms with Crippen LogP contribution in [0.25, 0.3) is 0 Å². The molecule has 1 aromatic rings. The Bertz CT molecular complexity index is 410. The Morgan fingerprint density at radius 3 is 2.38 bits per heavy atom. The van der Waals surface area contributed by atoms with Gasteiger partial charge in [-0.2, -0.15) is 15.2 Å². The van der Waals surface area contributed by atoms with Gasteiger partial charge in [0.2, 0.25) is 5.88 Å². The average Bonchev–Trinajstić information content (AvgIpc) is 2.27. The van der Waals surface area contributed by atoms with Crippen molar-refractivity contribution < 1.29 is 9.47 Å². The molecule has 0 unspecified atom stereocenters. The first-order valence-electron chi connectivity index (χ1n) is 4.99. The summed E-state index contributed by atoms with van der Waals surface area (Å²) >= 11 is 0. The molecule has 0 saturated carbocycles. The molecule has 5 nitrogen and oxygen atoms in total. The van der Waals surface area contributed by atoms with Crippen LogP contribution in [0.4, 0.5) is 0 Å². The van der Waals surface area contributed by atoms with Crippen LogP contribution < -0.4 is 9.47 Å². The molecule has 1 rings (SSSR count). The first-order chi connectivity index (χ1) is 7.63. The van der Waals surface area contributed by atoms with Crippen LogP contribution in [0, 0.1) is 11.3 Å². The summed E-state index contributed by atoms with van der Waals surface area (Å²) in [6, 6.07) is 2.31. The molecule has 5 heteroatoms. The number of nitrogens with zero attached hydrogens (tertiary/aromatic N) is 3. The summed E-state index contributed by atoms with van der Waals surface area (Å²) in [5.41, 5.74) is 1.53. The minimum Gasteiger partial charge on any atom is -0.481 e. The number of hydrogen-bond acceptors (Lipinski definition) is 5. The molecule has 0 amide bonds. The van der Waals surface area contributed by atoms with Gasteiger partial charge >= 0.3 is 6.01 Å². The summed E-state index contributed by atoms with van der Waals surface area (Å²) in [5, 5.41) is 8.76. The third-order valence-electron chi connectivity index (χ3n) is 2.17. The van der Waals surface area contributed by atoms with Gasteiger partial charge in [-0.3, -0.25) is 0 Å². The molecular formula is C11H15N3O2. The van der Waals surface area contributed by atoms with Crippen LogP contribution in [0.1, 0.15) is 31.0 Å². The van der Waals surface area contributed by atoms with E-state index in [9.17, 15) is 0 Å². The summed E-state index contributed by atoms with van der Waals surface area (Å²) in [7, 11) is 3.03. The molecule has 86 valence electrons. The molecule has 0 aromatic carbocycles. The van der Waals surface area contributed by atoms with Gasteiger partial charge in [-0.1, -0.05) is 13.8 Å². The van der Waals surface area contributed by atoms with E-state index in [1.165, 1.54) is 7.11 Å². The Balaban J connectivity index is 3.36. The first-order valence-corrected chi connectivity index (χ1v) is 4.99. The molecule has 0 fully saturated rings. The normalized spacial score (nSPS) is 10.0. The van der Waals surface area contributed by atoms with E-state index in [0.717, 1.165) is 5.56 Å². The molecule has 1 heterocycles. The van der Waals surface area contributed by atoms with Gasteiger partial charge in [0, 0.05) is 5.56 Å². The number of nitriles is 1. The van der Waals surface area contributed by atoms with E-state index in [1.807, 2.05) is 13.8 Å². The maximum Gasteiger partial charge on any atom is 0.319 e. The molecular weight excluding hydrogens is 206 g/mol. The fourth-order valence-corrected chi connectivity index (χ4v) is 1.51. The molecule has 0 bridgehead atoms.